The molecule has 2 N–H and O–H groups in total. The summed E-state index contributed by atoms with van der Waals surface area (Å²) >= 11 is 3.04. The molecule has 0 aromatic carbocycles. The van der Waals surface area contributed by atoms with E-state index < -0.39 is 0 Å². The van der Waals surface area contributed by atoms with Gasteiger partial charge < -0.3 is 10.6 Å². The average molecular weight is 326 g/mol. The Morgan fingerprint density at radius 1 is 1.19 bits per heavy atom. The fraction of sp³-hybridized carbons (Fsp3) is 0.786. The van der Waals surface area contributed by atoms with E-state index in [0.717, 1.165) is 22.3 Å². The summed E-state index contributed by atoms with van der Waals surface area (Å²) in [5.74, 6) is 0.124. The normalized spacial score (nSPS) is 21.0. The predicted octanol–water partition coefficient (Wildman–Crippen LogP) is 3.04. The van der Waals surface area contributed by atoms with Gasteiger partial charge in [0.1, 0.15) is 0 Å². The summed E-state index contributed by atoms with van der Waals surface area (Å²) < 4.78 is 0.865. The average Bonchev–Trinajstić information content (AvgIpc) is 3.19. The monoisotopic (exact) mass is 326 g/mol. The van der Waals surface area contributed by atoms with Crippen molar-refractivity contribution < 1.29 is 4.79 Å². The summed E-state index contributed by atoms with van der Waals surface area (Å²) in [4.78, 5) is 12.2. The number of carbonyl (C=O) groups excluding carboxylic acids is 1. The molecule has 3 rings (SSSR count). The van der Waals surface area contributed by atoms with Gasteiger partial charge in [0.2, 0.25) is 11.0 Å². The SMILES string of the molecule is C[C@H](Sc1nnc(NC2CC2)s1)C(=O)NC1CCCCC1. The maximum Gasteiger partial charge on any atom is 0.233 e. The van der Waals surface area contributed by atoms with Crippen LogP contribution in [0.2, 0.25) is 0 Å². The number of thioether (sulfide) groups is 1. The molecule has 1 aromatic heterocycles. The van der Waals surface area contributed by atoms with Crippen LogP contribution in [0.1, 0.15) is 51.9 Å². The van der Waals surface area contributed by atoms with Gasteiger partial charge in [-0.3, -0.25) is 4.79 Å². The summed E-state index contributed by atoms with van der Waals surface area (Å²) in [5.41, 5.74) is 0. The highest BCUT2D eigenvalue weighted by Gasteiger charge is 2.24. The van der Waals surface area contributed by atoms with Gasteiger partial charge in [-0.15, -0.1) is 10.2 Å². The Kier molecular flexibility index (Phi) is 5.00. The Morgan fingerprint density at radius 3 is 2.67 bits per heavy atom. The van der Waals surface area contributed by atoms with Crippen LogP contribution in [-0.4, -0.2) is 33.4 Å². The third kappa shape index (κ3) is 4.57. The van der Waals surface area contributed by atoms with Gasteiger partial charge in [0.05, 0.1) is 5.25 Å². The number of rotatable bonds is 6. The quantitative estimate of drug-likeness (QED) is 0.787. The lowest BCUT2D eigenvalue weighted by Crippen LogP contribution is -2.40. The van der Waals surface area contributed by atoms with Crippen LogP contribution in [0.3, 0.4) is 0 Å². The van der Waals surface area contributed by atoms with Gasteiger partial charge in [-0.25, -0.2) is 0 Å². The van der Waals surface area contributed by atoms with Gasteiger partial charge in [-0.1, -0.05) is 42.4 Å². The molecule has 1 heterocycles. The number of carbonyl (C=O) groups is 1. The van der Waals surface area contributed by atoms with Crippen LogP contribution in [-0.2, 0) is 4.79 Å². The molecule has 21 heavy (non-hydrogen) atoms. The fourth-order valence-corrected chi connectivity index (χ4v) is 4.47. The zero-order chi connectivity index (χ0) is 14.7. The molecule has 0 unspecified atom stereocenters. The minimum Gasteiger partial charge on any atom is -0.357 e. The standard InChI is InChI=1S/C14H22N4OS2/c1-9(12(19)15-10-5-3-2-4-6-10)20-14-18-17-13(21-14)16-11-7-8-11/h9-11H,2-8H2,1H3,(H,15,19)(H,16,17)/t9-/m0/s1. The molecule has 0 bridgehead atoms. The van der Waals surface area contributed by atoms with E-state index in [0.29, 0.717) is 12.1 Å². The molecule has 0 saturated heterocycles. The molecule has 1 aromatic rings. The van der Waals surface area contributed by atoms with Gasteiger partial charge in [-0.05, 0) is 32.6 Å². The number of amides is 1. The van der Waals surface area contributed by atoms with Crippen molar-refractivity contribution >= 4 is 34.1 Å². The highest BCUT2D eigenvalue weighted by atomic mass is 32.2. The topological polar surface area (TPSA) is 66.9 Å². The maximum absolute atomic E-state index is 12.2. The summed E-state index contributed by atoms with van der Waals surface area (Å²) in [5, 5.41) is 15.5. The third-order valence-corrected chi connectivity index (χ3v) is 5.95. The summed E-state index contributed by atoms with van der Waals surface area (Å²) in [6.07, 6.45) is 8.47. The van der Waals surface area contributed by atoms with Crippen molar-refractivity contribution in [3.8, 4) is 0 Å². The molecule has 7 heteroatoms. The van der Waals surface area contributed by atoms with Crippen LogP contribution in [0.15, 0.2) is 4.34 Å². The minimum atomic E-state index is -0.117. The van der Waals surface area contributed by atoms with E-state index in [9.17, 15) is 4.79 Å². The summed E-state index contributed by atoms with van der Waals surface area (Å²) in [6, 6.07) is 0.957. The highest BCUT2D eigenvalue weighted by molar-refractivity contribution is 8.02. The first-order valence-electron chi connectivity index (χ1n) is 7.78. The van der Waals surface area contributed by atoms with E-state index in [1.807, 2.05) is 6.92 Å². The van der Waals surface area contributed by atoms with Gasteiger partial charge in [0.25, 0.3) is 0 Å². The van der Waals surface area contributed by atoms with Gasteiger partial charge in [-0.2, -0.15) is 0 Å². The van der Waals surface area contributed by atoms with Crippen molar-refractivity contribution in [2.45, 2.75) is 73.5 Å². The van der Waals surface area contributed by atoms with E-state index in [1.165, 1.54) is 43.9 Å². The molecule has 0 spiro atoms. The van der Waals surface area contributed by atoms with Crippen LogP contribution < -0.4 is 10.6 Å². The molecule has 116 valence electrons. The molecule has 1 amide bonds. The molecule has 2 saturated carbocycles. The van der Waals surface area contributed by atoms with Crippen molar-refractivity contribution in [3.63, 3.8) is 0 Å². The summed E-state index contributed by atoms with van der Waals surface area (Å²) in [7, 11) is 0. The Morgan fingerprint density at radius 2 is 1.95 bits per heavy atom. The van der Waals surface area contributed by atoms with Crippen molar-refractivity contribution in [1.29, 1.82) is 0 Å². The second-order valence-electron chi connectivity index (χ2n) is 5.90. The third-order valence-electron chi connectivity index (χ3n) is 3.91. The number of hydrogen-bond donors (Lipinski definition) is 2. The molecule has 5 nitrogen and oxygen atoms in total. The maximum atomic E-state index is 12.2. The zero-order valence-corrected chi connectivity index (χ0v) is 13.9. The van der Waals surface area contributed by atoms with Crippen molar-refractivity contribution in [1.82, 2.24) is 15.5 Å². The molecule has 0 radical (unpaired) electrons. The molecular formula is C14H22N4OS2. The Balaban J connectivity index is 1.46. The highest BCUT2D eigenvalue weighted by Crippen LogP contribution is 2.32. The second kappa shape index (κ2) is 6.96. The number of aromatic nitrogens is 2. The molecule has 0 aliphatic heterocycles. The smallest absolute Gasteiger partial charge is 0.233 e. The van der Waals surface area contributed by atoms with E-state index in [4.69, 9.17) is 0 Å². The molecule has 1 atom stereocenters. The number of nitrogens with one attached hydrogen (secondary N) is 2. The van der Waals surface area contributed by atoms with Crippen molar-refractivity contribution in [2.24, 2.45) is 0 Å². The van der Waals surface area contributed by atoms with E-state index in [2.05, 4.69) is 20.8 Å². The Hall–Kier alpha value is -0.820. The number of anilines is 1. The van der Waals surface area contributed by atoms with Crippen molar-refractivity contribution in [2.75, 3.05) is 5.32 Å². The van der Waals surface area contributed by atoms with Crippen molar-refractivity contribution in [3.05, 3.63) is 0 Å². The van der Waals surface area contributed by atoms with Crippen LogP contribution >= 0.6 is 23.1 Å². The van der Waals surface area contributed by atoms with Crippen LogP contribution in [0.5, 0.6) is 0 Å². The van der Waals surface area contributed by atoms with E-state index >= 15 is 0 Å². The lowest BCUT2D eigenvalue weighted by atomic mass is 9.95. The number of hydrogen-bond acceptors (Lipinski definition) is 6. The molecule has 2 aliphatic carbocycles. The summed E-state index contributed by atoms with van der Waals surface area (Å²) in [6.45, 7) is 1.94. The van der Waals surface area contributed by atoms with E-state index in [1.54, 1.807) is 11.3 Å². The minimum absolute atomic E-state index is 0.117. The largest absolute Gasteiger partial charge is 0.357 e. The zero-order valence-electron chi connectivity index (χ0n) is 12.3. The fourth-order valence-electron chi connectivity index (χ4n) is 2.49. The van der Waals surface area contributed by atoms with E-state index in [-0.39, 0.29) is 11.2 Å². The first-order valence-corrected chi connectivity index (χ1v) is 9.47. The molecular weight excluding hydrogens is 304 g/mol. The molecule has 2 fully saturated rings. The van der Waals surface area contributed by atoms with Gasteiger partial charge in [0.15, 0.2) is 4.34 Å². The lowest BCUT2D eigenvalue weighted by molar-refractivity contribution is -0.121. The first-order chi connectivity index (χ1) is 10.2. The molecule has 2 aliphatic rings. The Bertz CT molecular complexity index is 483. The van der Waals surface area contributed by atoms with Gasteiger partial charge >= 0.3 is 0 Å². The lowest BCUT2D eigenvalue weighted by Gasteiger charge is -2.24. The Labute approximate surface area is 133 Å². The van der Waals surface area contributed by atoms with Crippen LogP contribution in [0.4, 0.5) is 5.13 Å². The van der Waals surface area contributed by atoms with Crippen LogP contribution in [0.25, 0.3) is 0 Å². The first kappa shape index (κ1) is 15.1. The number of nitrogens with zero attached hydrogens (tertiary/aromatic N) is 2. The van der Waals surface area contributed by atoms with Crippen LogP contribution in [0, 0.1) is 0 Å². The predicted molar refractivity (Wildman–Crippen MR) is 86.9 cm³/mol. The van der Waals surface area contributed by atoms with Gasteiger partial charge in [0, 0.05) is 12.1 Å². The second-order valence-corrected chi connectivity index (χ2v) is 8.46.